The van der Waals surface area contributed by atoms with Crippen molar-refractivity contribution in [1.82, 2.24) is 15.6 Å². The second-order valence-corrected chi connectivity index (χ2v) is 6.63. The van der Waals surface area contributed by atoms with Crippen molar-refractivity contribution in [3.63, 3.8) is 0 Å². The molecule has 158 valence electrons. The van der Waals surface area contributed by atoms with Crippen LogP contribution in [0, 0.1) is 6.92 Å². The summed E-state index contributed by atoms with van der Waals surface area (Å²) < 4.78 is 11.0. The molecule has 0 spiro atoms. The maximum Gasteiger partial charge on any atom is 0.409 e. The summed E-state index contributed by atoms with van der Waals surface area (Å²) in [6, 6.07) is 3.64. The van der Waals surface area contributed by atoms with Gasteiger partial charge in [0.25, 0.3) is 0 Å². The van der Waals surface area contributed by atoms with Crippen molar-refractivity contribution in [2.75, 3.05) is 18.0 Å². The molecule has 0 saturated heterocycles. The van der Waals surface area contributed by atoms with Gasteiger partial charge in [-0.3, -0.25) is 4.98 Å². The molecule has 1 aromatic heterocycles. The van der Waals surface area contributed by atoms with Gasteiger partial charge in [0.05, 0.1) is 0 Å². The van der Waals surface area contributed by atoms with E-state index in [1.165, 1.54) is 0 Å². The minimum absolute atomic E-state index is 0.503. The molecular weight excluding hydrogens is 360 g/mol. The van der Waals surface area contributed by atoms with Crippen LogP contribution in [0.2, 0.25) is 0 Å². The van der Waals surface area contributed by atoms with Crippen LogP contribution >= 0.6 is 0 Å². The Kier molecular flexibility index (Phi) is 10.8. The molecule has 8 heteroatoms. The number of hydrogen-bond donors (Lipinski definition) is 2. The van der Waals surface area contributed by atoms with E-state index in [-0.39, 0.29) is 0 Å². The minimum Gasteiger partial charge on any atom is -0.426 e. The average molecular weight is 395 g/mol. The van der Waals surface area contributed by atoms with Crippen molar-refractivity contribution in [3.8, 4) is 0 Å². The molecule has 2 atom stereocenters. The van der Waals surface area contributed by atoms with Gasteiger partial charge >= 0.3 is 12.2 Å². The van der Waals surface area contributed by atoms with Gasteiger partial charge in [0.1, 0.15) is 0 Å². The summed E-state index contributed by atoms with van der Waals surface area (Å²) in [6.45, 7) is 10.6. The van der Waals surface area contributed by atoms with Crippen molar-refractivity contribution in [1.29, 1.82) is 0 Å². The first kappa shape index (κ1) is 23.5. The lowest BCUT2D eigenvalue weighted by molar-refractivity contribution is 0.0554. The summed E-state index contributed by atoms with van der Waals surface area (Å²) in [6.07, 6.45) is 3.09. The number of anilines is 1. The van der Waals surface area contributed by atoms with Crippen molar-refractivity contribution in [2.24, 2.45) is 0 Å². The Bertz CT molecular complexity index is 582. The molecule has 0 saturated carbocycles. The van der Waals surface area contributed by atoms with Crippen LogP contribution in [0.25, 0.3) is 0 Å². The molecule has 0 aromatic carbocycles. The molecule has 0 aliphatic rings. The van der Waals surface area contributed by atoms with E-state index in [9.17, 15) is 9.59 Å². The maximum atomic E-state index is 12.1. The van der Waals surface area contributed by atoms with E-state index in [4.69, 9.17) is 9.47 Å². The number of aryl methyl sites for hydroxylation is 1. The molecule has 0 radical (unpaired) electrons. The number of unbranched alkanes of at least 4 members (excludes halogenated alkanes) is 2. The number of pyridine rings is 1. The van der Waals surface area contributed by atoms with Crippen LogP contribution in [0.1, 0.15) is 59.1 Å². The zero-order valence-electron chi connectivity index (χ0n) is 17.7. The normalized spacial score (nSPS) is 12.6. The molecule has 8 nitrogen and oxygen atoms in total. The third-order valence-corrected chi connectivity index (χ3v) is 4.12. The van der Waals surface area contributed by atoms with Gasteiger partial charge in [0.2, 0.25) is 0 Å². The largest absolute Gasteiger partial charge is 0.426 e. The van der Waals surface area contributed by atoms with Crippen LogP contribution in [-0.2, 0) is 9.47 Å². The SMILES string of the molecule is CCCCNC(=O)OC(C)N(c1ccnc(C)c1)C(C)OC(=O)NCCCC. The number of alkyl carbamates (subject to hydrolysis) is 2. The predicted molar refractivity (Wildman–Crippen MR) is 109 cm³/mol. The number of nitrogens with one attached hydrogen (secondary N) is 2. The van der Waals surface area contributed by atoms with Crippen LogP contribution in [0.15, 0.2) is 18.3 Å². The third kappa shape index (κ3) is 8.45. The maximum absolute atomic E-state index is 12.1. The van der Waals surface area contributed by atoms with Gasteiger partial charge in [-0.25, -0.2) is 9.59 Å². The lowest BCUT2D eigenvalue weighted by Crippen LogP contribution is -2.47. The molecule has 2 N–H and O–H groups in total. The van der Waals surface area contributed by atoms with Crippen molar-refractivity contribution < 1.29 is 19.1 Å². The Labute approximate surface area is 168 Å². The highest BCUT2D eigenvalue weighted by atomic mass is 16.6. The molecule has 0 aliphatic carbocycles. The van der Waals surface area contributed by atoms with Gasteiger partial charge in [-0.1, -0.05) is 26.7 Å². The summed E-state index contributed by atoms with van der Waals surface area (Å²) in [5.41, 5.74) is 1.55. The number of amides is 2. The third-order valence-electron chi connectivity index (χ3n) is 4.12. The molecule has 0 bridgehead atoms. The molecule has 1 heterocycles. The second kappa shape index (κ2) is 12.8. The van der Waals surface area contributed by atoms with E-state index in [0.717, 1.165) is 37.1 Å². The van der Waals surface area contributed by atoms with Gasteiger partial charge in [0.15, 0.2) is 12.5 Å². The fraction of sp³-hybridized carbons (Fsp3) is 0.650. The minimum atomic E-state index is -0.651. The molecule has 2 amide bonds. The van der Waals surface area contributed by atoms with Crippen molar-refractivity contribution in [2.45, 2.75) is 72.8 Å². The van der Waals surface area contributed by atoms with Gasteiger partial charge in [0, 0.05) is 30.7 Å². The van der Waals surface area contributed by atoms with E-state index in [1.807, 2.05) is 26.8 Å². The van der Waals surface area contributed by atoms with Crippen LogP contribution in [0.5, 0.6) is 0 Å². The Hall–Kier alpha value is -2.51. The molecule has 1 aromatic rings. The highest BCUT2D eigenvalue weighted by Gasteiger charge is 2.26. The molecule has 1 rings (SSSR count). The quantitative estimate of drug-likeness (QED) is 0.436. The van der Waals surface area contributed by atoms with E-state index < -0.39 is 24.6 Å². The molecule has 0 fully saturated rings. The number of aromatic nitrogens is 1. The summed E-state index contributed by atoms with van der Waals surface area (Å²) in [4.78, 5) is 30.0. The summed E-state index contributed by atoms with van der Waals surface area (Å²) >= 11 is 0. The van der Waals surface area contributed by atoms with Crippen molar-refractivity contribution >= 4 is 17.9 Å². The standard InChI is InChI=1S/C20H34N4O4/c1-6-8-11-22-19(25)27-16(4)24(18-10-13-21-15(3)14-18)17(5)28-20(26)23-12-9-7-2/h10,13-14,16-17H,6-9,11-12H2,1-5H3,(H,22,25)(H,23,26). The predicted octanol–water partition coefficient (Wildman–Crippen LogP) is 3.94. The second-order valence-electron chi connectivity index (χ2n) is 6.63. The summed E-state index contributed by atoms with van der Waals surface area (Å²) in [7, 11) is 0. The Morgan fingerprint density at radius 2 is 1.54 bits per heavy atom. The number of carbonyl (C=O) groups excluding carboxylic acids is 2. The number of hydrogen-bond acceptors (Lipinski definition) is 6. The van der Waals surface area contributed by atoms with Gasteiger partial charge < -0.3 is 25.0 Å². The first-order valence-electron chi connectivity index (χ1n) is 9.99. The topological polar surface area (TPSA) is 92.8 Å². The zero-order chi connectivity index (χ0) is 20.9. The van der Waals surface area contributed by atoms with E-state index in [0.29, 0.717) is 13.1 Å². The highest BCUT2D eigenvalue weighted by Crippen LogP contribution is 2.22. The first-order chi connectivity index (χ1) is 13.4. The molecule has 28 heavy (non-hydrogen) atoms. The van der Waals surface area contributed by atoms with E-state index in [2.05, 4.69) is 15.6 Å². The Morgan fingerprint density at radius 3 is 1.96 bits per heavy atom. The lowest BCUT2D eigenvalue weighted by Gasteiger charge is -2.35. The van der Waals surface area contributed by atoms with E-state index in [1.54, 1.807) is 31.0 Å². The fourth-order valence-electron chi connectivity index (χ4n) is 2.65. The van der Waals surface area contributed by atoms with Gasteiger partial charge in [-0.2, -0.15) is 0 Å². The van der Waals surface area contributed by atoms with Crippen LogP contribution in [0.3, 0.4) is 0 Å². The molecular formula is C20H34N4O4. The highest BCUT2D eigenvalue weighted by molar-refractivity contribution is 5.68. The Morgan fingerprint density at radius 1 is 1.04 bits per heavy atom. The number of carbonyl (C=O) groups is 2. The first-order valence-corrected chi connectivity index (χ1v) is 9.99. The number of nitrogens with zero attached hydrogens (tertiary/aromatic N) is 2. The Balaban J connectivity index is 2.84. The summed E-state index contributed by atoms with van der Waals surface area (Å²) in [5, 5.41) is 5.45. The van der Waals surface area contributed by atoms with Crippen LogP contribution in [-0.4, -0.2) is 42.7 Å². The number of rotatable bonds is 11. The zero-order valence-corrected chi connectivity index (χ0v) is 17.7. The van der Waals surface area contributed by atoms with Crippen molar-refractivity contribution in [3.05, 3.63) is 24.0 Å². The van der Waals surface area contributed by atoms with Crippen LogP contribution < -0.4 is 15.5 Å². The lowest BCUT2D eigenvalue weighted by atomic mass is 10.3. The molecule has 0 aliphatic heterocycles. The molecule has 2 unspecified atom stereocenters. The number of ether oxygens (including phenoxy) is 2. The monoisotopic (exact) mass is 394 g/mol. The van der Waals surface area contributed by atoms with E-state index >= 15 is 0 Å². The van der Waals surface area contributed by atoms with Crippen LogP contribution in [0.4, 0.5) is 15.3 Å². The van der Waals surface area contributed by atoms with Gasteiger partial charge in [-0.05, 0) is 45.7 Å². The summed E-state index contributed by atoms with van der Waals surface area (Å²) in [5.74, 6) is 0. The fourth-order valence-corrected chi connectivity index (χ4v) is 2.65. The average Bonchev–Trinajstić information content (AvgIpc) is 2.62. The smallest absolute Gasteiger partial charge is 0.409 e. The van der Waals surface area contributed by atoms with Gasteiger partial charge in [-0.15, -0.1) is 0 Å².